The van der Waals surface area contributed by atoms with Crippen LogP contribution in [0.15, 0.2) is 24.3 Å². The Kier molecular flexibility index (Phi) is 2.97. The quantitative estimate of drug-likeness (QED) is 0.716. The maximum absolute atomic E-state index is 12.3. The third kappa shape index (κ3) is 1.99. The van der Waals surface area contributed by atoms with Gasteiger partial charge in [0.2, 0.25) is 0 Å². The molecule has 0 aliphatic carbocycles. The van der Waals surface area contributed by atoms with Gasteiger partial charge in [-0.3, -0.25) is 4.79 Å². The Morgan fingerprint density at radius 2 is 2.00 bits per heavy atom. The number of aromatic nitrogens is 1. The van der Waals surface area contributed by atoms with Crippen LogP contribution in [0.3, 0.4) is 0 Å². The first-order chi connectivity index (χ1) is 11.7. The molecule has 1 amide bonds. The van der Waals surface area contributed by atoms with Gasteiger partial charge < -0.3 is 15.5 Å². The van der Waals surface area contributed by atoms with E-state index in [2.05, 4.69) is 46.7 Å². The lowest BCUT2D eigenvalue weighted by Crippen LogP contribution is -2.45. The highest BCUT2D eigenvalue weighted by Crippen LogP contribution is 2.41. The average molecular weight is 338 g/mol. The number of fused-ring (bicyclic) bond motifs is 5. The molecule has 0 unspecified atom stereocenters. The molecule has 0 atom stereocenters. The Hall–Kier alpha value is -2.34. The van der Waals surface area contributed by atoms with E-state index in [9.17, 15) is 4.79 Å². The van der Waals surface area contributed by atoms with E-state index in [0.29, 0.717) is 6.54 Å². The molecule has 0 bridgehead atoms. The number of nitrogens with one attached hydrogen (secondary N) is 2. The summed E-state index contributed by atoms with van der Waals surface area (Å²) in [6.07, 6.45) is 0. The number of hydrogen-bond donors (Lipinski definition) is 2. The molecule has 5 rings (SSSR count). The number of hydrogen-bond acceptors (Lipinski definition) is 5. The number of nitrogens with zero attached hydrogens (tertiary/aromatic N) is 2. The van der Waals surface area contributed by atoms with Gasteiger partial charge in [-0.1, -0.05) is 6.92 Å². The summed E-state index contributed by atoms with van der Waals surface area (Å²) < 4.78 is 1.13. The van der Waals surface area contributed by atoms with Gasteiger partial charge in [0, 0.05) is 41.7 Å². The van der Waals surface area contributed by atoms with Crippen molar-refractivity contribution < 1.29 is 4.79 Å². The van der Waals surface area contributed by atoms with Crippen molar-refractivity contribution >= 4 is 49.7 Å². The van der Waals surface area contributed by atoms with Gasteiger partial charge in [0.15, 0.2) is 0 Å². The van der Waals surface area contributed by atoms with Gasteiger partial charge in [-0.25, -0.2) is 4.98 Å². The second-order valence-corrected chi connectivity index (χ2v) is 7.73. The molecule has 24 heavy (non-hydrogen) atoms. The van der Waals surface area contributed by atoms with Crippen LogP contribution in [0.4, 0.5) is 11.5 Å². The van der Waals surface area contributed by atoms with Crippen LogP contribution in [0.5, 0.6) is 0 Å². The summed E-state index contributed by atoms with van der Waals surface area (Å²) >= 11 is 1.55. The Morgan fingerprint density at radius 1 is 1.17 bits per heavy atom. The number of pyridine rings is 1. The maximum atomic E-state index is 12.3. The van der Waals surface area contributed by atoms with Gasteiger partial charge >= 0.3 is 0 Å². The van der Waals surface area contributed by atoms with Crippen molar-refractivity contribution in [2.45, 2.75) is 6.92 Å². The number of amides is 1. The van der Waals surface area contributed by atoms with Gasteiger partial charge in [-0.2, -0.15) is 0 Å². The molecule has 6 heteroatoms. The fourth-order valence-electron chi connectivity index (χ4n) is 3.63. The van der Waals surface area contributed by atoms with Crippen LogP contribution in [0.1, 0.15) is 16.6 Å². The Bertz CT molecular complexity index is 974. The lowest BCUT2D eigenvalue weighted by molar-refractivity contribution is 0.0962. The molecular formula is C18H18N4OS. The highest BCUT2D eigenvalue weighted by molar-refractivity contribution is 7.21. The summed E-state index contributed by atoms with van der Waals surface area (Å²) in [7, 11) is 0. The fourth-order valence-corrected chi connectivity index (χ4v) is 4.74. The van der Waals surface area contributed by atoms with Crippen LogP contribution in [0.2, 0.25) is 0 Å². The molecule has 122 valence electrons. The second kappa shape index (κ2) is 5.08. The monoisotopic (exact) mass is 338 g/mol. The maximum Gasteiger partial charge on any atom is 0.263 e. The van der Waals surface area contributed by atoms with E-state index in [-0.39, 0.29) is 5.91 Å². The highest BCUT2D eigenvalue weighted by atomic mass is 32.1. The smallest absolute Gasteiger partial charge is 0.263 e. The van der Waals surface area contributed by atoms with Crippen LogP contribution >= 0.6 is 11.3 Å². The van der Waals surface area contributed by atoms with Crippen LogP contribution in [-0.4, -0.2) is 37.1 Å². The number of thiophene rings is 1. The van der Waals surface area contributed by atoms with E-state index in [0.717, 1.165) is 62.9 Å². The molecule has 2 aliphatic rings. The number of anilines is 2. The molecule has 2 aliphatic heterocycles. The molecule has 3 aromatic rings. The van der Waals surface area contributed by atoms with Crippen molar-refractivity contribution in [3.05, 3.63) is 29.1 Å². The normalized spacial score (nSPS) is 18.0. The number of benzene rings is 1. The second-order valence-electron chi connectivity index (χ2n) is 6.67. The molecule has 0 radical (unpaired) electrons. The van der Waals surface area contributed by atoms with E-state index in [1.165, 1.54) is 0 Å². The van der Waals surface area contributed by atoms with E-state index in [1.807, 2.05) is 0 Å². The third-order valence-corrected chi connectivity index (χ3v) is 5.97. The van der Waals surface area contributed by atoms with Gasteiger partial charge in [-0.15, -0.1) is 11.3 Å². The zero-order valence-electron chi connectivity index (χ0n) is 13.4. The number of carbonyl (C=O) groups excluding carboxylic acids is 1. The van der Waals surface area contributed by atoms with Crippen molar-refractivity contribution in [1.82, 2.24) is 10.3 Å². The molecule has 4 heterocycles. The summed E-state index contributed by atoms with van der Waals surface area (Å²) in [5.74, 6) is 1.82. The Balaban J connectivity index is 1.70. The topological polar surface area (TPSA) is 57.3 Å². The molecule has 1 aromatic carbocycles. The number of carbonyl (C=O) groups is 1. The third-order valence-electron chi connectivity index (χ3n) is 4.81. The van der Waals surface area contributed by atoms with E-state index in [1.54, 1.807) is 11.3 Å². The summed E-state index contributed by atoms with van der Waals surface area (Å²) in [6.45, 7) is 5.82. The Labute approximate surface area is 143 Å². The molecule has 0 saturated carbocycles. The molecule has 2 aromatic heterocycles. The fraction of sp³-hybridized carbons (Fsp3) is 0.333. The molecule has 1 saturated heterocycles. The first-order valence-corrected chi connectivity index (χ1v) is 9.15. The molecule has 5 nitrogen and oxygen atoms in total. The first-order valence-electron chi connectivity index (χ1n) is 8.34. The lowest BCUT2D eigenvalue weighted by Gasteiger charge is -2.38. The Morgan fingerprint density at radius 3 is 2.83 bits per heavy atom. The zero-order chi connectivity index (χ0) is 16.3. The van der Waals surface area contributed by atoms with Crippen LogP contribution in [-0.2, 0) is 0 Å². The summed E-state index contributed by atoms with van der Waals surface area (Å²) in [5.41, 5.74) is 1.95. The minimum atomic E-state index is 0.0171. The van der Waals surface area contributed by atoms with Gasteiger partial charge in [-0.05, 0) is 30.2 Å². The molecule has 0 spiro atoms. The first kappa shape index (κ1) is 14.0. The lowest BCUT2D eigenvalue weighted by atomic mass is 10.0. The summed E-state index contributed by atoms with van der Waals surface area (Å²) in [6, 6.07) is 8.41. The van der Waals surface area contributed by atoms with Crippen molar-refractivity contribution in [2.75, 3.05) is 36.4 Å². The SMILES string of the molecule is CC1CN(c2ccc3c(ccc4sc5c(c43)NCCNC5=O)n2)C1. The van der Waals surface area contributed by atoms with E-state index >= 15 is 0 Å². The molecular weight excluding hydrogens is 320 g/mol. The van der Waals surface area contributed by atoms with Crippen LogP contribution in [0.25, 0.3) is 21.0 Å². The van der Waals surface area contributed by atoms with Gasteiger partial charge in [0.1, 0.15) is 10.7 Å². The predicted octanol–water partition coefficient (Wildman–Crippen LogP) is 3.06. The minimum absolute atomic E-state index is 0.0171. The zero-order valence-corrected chi connectivity index (χ0v) is 14.2. The van der Waals surface area contributed by atoms with Crippen LogP contribution < -0.4 is 15.5 Å². The predicted molar refractivity (Wildman–Crippen MR) is 99.3 cm³/mol. The highest BCUT2D eigenvalue weighted by Gasteiger charge is 2.25. The van der Waals surface area contributed by atoms with Crippen molar-refractivity contribution in [3.8, 4) is 0 Å². The van der Waals surface area contributed by atoms with Crippen molar-refractivity contribution in [2.24, 2.45) is 5.92 Å². The largest absolute Gasteiger partial charge is 0.381 e. The van der Waals surface area contributed by atoms with Gasteiger partial charge in [0.25, 0.3) is 5.91 Å². The number of rotatable bonds is 1. The van der Waals surface area contributed by atoms with Crippen molar-refractivity contribution in [3.63, 3.8) is 0 Å². The summed E-state index contributed by atoms with van der Waals surface area (Å²) in [5, 5.41) is 8.61. The molecule has 1 fully saturated rings. The average Bonchev–Trinajstić information content (AvgIpc) is 2.85. The van der Waals surface area contributed by atoms with Crippen LogP contribution in [0, 0.1) is 5.92 Å². The van der Waals surface area contributed by atoms with Gasteiger partial charge in [0.05, 0.1) is 11.2 Å². The van der Waals surface area contributed by atoms with Crippen molar-refractivity contribution in [1.29, 1.82) is 0 Å². The minimum Gasteiger partial charge on any atom is -0.381 e. The summed E-state index contributed by atoms with van der Waals surface area (Å²) in [4.78, 5) is 20.2. The van der Waals surface area contributed by atoms with E-state index < -0.39 is 0 Å². The molecule has 2 N–H and O–H groups in total. The standard InChI is InChI=1S/C18H18N4OS/c1-10-8-22(9-10)14-5-2-11-12(21-14)3-4-13-15(11)16-17(24-13)18(23)20-7-6-19-16/h2-5,10,19H,6-9H2,1H3,(H,20,23). The van der Waals surface area contributed by atoms with E-state index in [4.69, 9.17) is 4.98 Å².